The molecular formula is C8H12BrN3. The van der Waals surface area contributed by atoms with Crippen LogP contribution in [0.4, 0.5) is 5.69 Å². The van der Waals surface area contributed by atoms with Crippen molar-refractivity contribution in [2.75, 3.05) is 12.8 Å². The molecule has 0 unspecified atom stereocenters. The van der Waals surface area contributed by atoms with Gasteiger partial charge in [0.25, 0.3) is 0 Å². The van der Waals surface area contributed by atoms with Gasteiger partial charge in [-0.05, 0) is 30.8 Å². The van der Waals surface area contributed by atoms with E-state index in [1.165, 1.54) is 0 Å². The van der Waals surface area contributed by atoms with Gasteiger partial charge in [-0.15, -0.1) is 0 Å². The minimum atomic E-state index is 0.724. The second-order valence-electron chi connectivity index (χ2n) is 2.45. The third-order valence-electron chi connectivity index (χ3n) is 1.56. The van der Waals surface area contributed by atoms with Gasteiger partial charge in [0, 0.05) is 16.7 Å². The maximum atomic E-state index is 5.74. The molecule has 0 atom stereocenters. The van der Waals surface area contributed by atoms with Crippen LogP contribution in [0.25, 0.3) is 0 Å². The molecule has 0 saturated heterocycles. The molecule has 12 heavy (non-hydrogen) atoms. The molecule has 4 N–H and O–H groups in total. The Hall–Kier alpha value is -0.580. The van der Waals surface area contributed by atoms with Crippen molar-refractivity contribution in [3.63, 3.8) is 0 Å². The van der Waals surface area contributed by atoms with Crippen molar-refractivity contribution in [1.82, 2.24) is 10.9 Å². The summed E-state index contributed by atoms with van der Waals surface area (Å²) in [5.74, 6) is 0. The first-order chi connectivity index (χ1) is 5.74. The van der Waals surface area contributed by atoms with Gasteiger partial charge in [-0.25, -0.2) is 0 Å². The first-order valence-electron chi connectivity index (χ1n) is 3.67. The quantitative estimate of drug-likeness (QED) is 0.541. The fraction of sp³-hybridized carbons (Fsp3) is 0.250. The van der Waals surface area contributed by atoms with Crippen molar-refractivity contribution in [1.29, 1.82) is 0 Å². The number of nitrogens with one attached hydrogen (secondary N) is 2. The molecule has 3 nitrogen and oxygen atoms in total. The Balaban J connectivity index is 2.75. The van der Waals surface area contributed by atoms with Gasteiger partial charge in [0.1, 0.15) is 0 Å². The lowest BCUT2D eigenvalue weighted by Crippen LogP contribution is -2.27. The Bertz CT molecular complexity index is 262. The van der Waals surface area contributed by atoms with E-state index in [-0.39, 0.29) is 0 Å². The molecule has 0 aliphatic rings. The molecular weight excluding hydrogens is 218 g/mol. The number of hydrogen-bond donors (Lipinski definition) is 3. The molecule has 0 bridgehead atoms. The summed E-state index contributed by atoms with van der Waals surface area (Å²) < 4.78 is 1.05. The van der Waals surface area contributed by atoms with Gasteiger partial charge in [0.15, 0.2) is 0 Å². The molecule has 0 spiro atoms. The monoisotopic (exact) mass is 229 g/mol. The first-order valence-corrected chi connectivity index (χ1v) is 4.47. The highest BCUT2D eigenvalue weighted by Crippen LogP contribution is 2.17. The topological polar surface area (TPSA) is 50.1 Å². The Kier molecular flexibility index (Phi) is 3.52. The number of nitrogen functional groups attached to an aromatic ring is 1. The lowest BCUT2D eigenvalue weighted by molar-refractivity contribution is 0.597. The first kappa shape index (κ1) is 9.51. The second-order valence-corrected chi connectivity index (χ2v) is 3.36. The standard InChI is InChI=1S/C8H12BrN3/c1-11-12-5-6-4-7(9)2-3-8(6)10/h2-4,11-12H,5,10H2,1H3. The average Bonchev–Trinajstić information content (AvgIpc) is 2.07. The number of anilines is 1. The third kappa shape index (κ3) is 2.48. The summed E-state index contributed by atoms with van der Waals surface area (Å²) in [4.78, 5) is 0. The Morgan fingerprint density at radius 1 is 1.50 bits per heavy atom. The largest absolute Gasteiger partial charge is 0.398 e. The predicted molar refractivity (Wildman–Crippen MR) is 54.5 cm³/mol. The highest BCUT2D eigenvalue weighted by Gasteiger charge is 1.97. The molecule has 0 aliphatic carbocycles. The van der Waals surface area contributed by atoms with E-state index < -0.39 is 0 Å². The van der Waals surface area contributed by atoms with Crippen LogP contribution in [-0.4, -0.2) is 7.05 Å². The molecule has 1 aromatic carbocycles. The zero-order valence-electron chi connectivity index (χ0n) is 6.89. The van der Waals surface area contributed by atoms with E-state index in [1.54, 1.807) is 0 Å². The molecule has 0 amide bonds. The van der Waals surface area contributed by atoms with Crippen LogP contribution in [0.1, 0.15) is 5.56 Å². The van der Waals surface area contributed by atoms with E-state index in [2.05, 4.69) is 26.8 Å². The van der Waals surface area contributed by atoms with Crippen LogP contribution in [0.5, 0.6) is 0 Å². The van der Waals surface area contributed by atoms with Crippen molar-refractivity contribution in [3.8, 4) is 0 Å². The van der Waals surface area contributed by atoms with Crippen molar-refractivity contribution in [3.05, 3.63) is 28.2 Å². The molecule has 1 rings (SSSR count). The van der Waals surface area contributed by atoms with Crippen LogP contribution in [0.15, 0.2) is 22.7 Å². The van der Waals surface area contributed by atoms with Gasteiger partial charge in [-0.1, -0.05) is 15.9 Å². The summed E-state index contributed by atoms with van der Waals surface area (Å²) >= 11 is 3.38. The average molecular weight is 230 g/mol. The van der Waals surface area contributed by atoms with E-state index in [1.807, 2.05) is 25.2 Å². The number of hydrogen-bond acceptors (Lipinski definition) is 3. The van der Waals surface area contributed by atoms with E-state index in [0.29, 0.717) is 0 Å². The predicted octanol–water partition coefficient (Wildman–Crippen LogP) is 1.26. The van der Waals surface area contributed by atoms with E-state index >= 15 is 0 Å². The van der Waals surface area contributed by atoms with Crippen LogP contribution in [0.2, 0.25) is 0 Å². The fourth-order valence-electron chi connectivity index (χ4n) is 0.911. The maximum Gasteiger partial charge on any atom is 0.0371 e. The van der Waals surface area contributed by atoms with Gasteiger partial charge >= 0.3 is 0 Å². The van der Waals surface area contributed by atoms with Gasteiger partial charge in [-0.3, -0.25) is 10.9 Å². The SMILES string of the molecule is CNNCc1cc(Br)ccc1N. The van der Waals surface area contributed by atoms with Crippen molar-refractivity contribution in [2.24, 2.45) is 0 Å². The molecule has 0 heterocycles. The second kappa shape index (κ2) is 4.45. The highest BCUT2D eigenvalue weighted by molar-refractivity contribution is 9.10. The minimum Gasteiger partial charge on any atom is -0.398 e. The van der Waals surface area contributed by atoms with Gasteiger partial charge in [0.2, 0.25) is 0 Å². The summed E-state index contributed by atoms with van der Waals surface area (Å²) in [5.41, 5.74) is 13.5. The molecule has 0 saturated carbocycles. The molecule has 66 valence electrons. The third-order valence-corrected chi connectivity index (χ3v) is 2.05. The number of halogens is 1. The molecule has 1 aromatic rings. The lowest BCUT2D eigenvalue weighted by Gasteiger charge is -2.06. The Morgan fingerprint density at radius 2 is 2.25 bits per heavy atom. The molecule has 0 fully saturated rings. The molecule has 0 aromatic heterocycles. The Morgan fingerprint density at radius 3 is 2.92 bits per heavy atom. The zero-order chi connectivity index (χ0) is 8.97. The number of hydrazine groups is 1. The summed E-state index contributed by atoms with van der Waals surface area (Å²) in [6.45, 7) is 0.724. The normalized spacial score (nSPS) is 10.2. The van der Waals surface area contributed by atoms with E-state index in [4.69, 9.17) is 5.73 Å². The van der Waals surface area contributed by atoms with Crippen molar-refractivity contribution in [2.45, 2.75) is 6.54 Å². The molecule has 4 heteroatoms. The summed E-state index contributed by atoms with van der Waals surface area (Å²) in [6, 6.07) is 5.81. The molecule has 0 radical (unpaired) electrons. The van der Waals surface area contributed by atoms with Crippen LogP contribution in [0, 0.1) is 0 Å². The fourth-order valence-corrected chi connectivity index (χ4v) is 1.32. The number of benzene rings is 1. The van der Waals surface area contributed by atoms with E-state index in [0.717, 1.165) is 22.3 Å². The smallest absolute Gasteiger partial charge is 0.0371 e. The number of nitrogens with two attached hydrogens (primary N) is 1. The van der Waals surface area contributed by atoms with Crippen molar-refractivity contribution < 1.29 is 0 Å². The summed E-state index contributed by atoms with van der Waals surface area (Å²) in [5, 5.41) is 0. The summed E-state index contributed by atoms with van der Waals surface area (Å²) in [7, 11) is 1.83. The highest BCUT2D eigenvalue weighted by atomic mass is 79.9. The minimum absolute atomic E-state index is 0.724. The Labute approximate surface area is 80.4 Å². The number of rotatable bonds is 3. The van der Waals surface area contributed by atoms with Crippen LogP contribution >= 0.6 is 15.9 Å². The van der Waals surface area contributed by atoms with Crippen LogP contribution in [-0.2, 0) is 6.54 Å². The van der Waals surface area contributed by atoms with Gasteiger partial charge in [-0.2, -0.15) is 0 Å². The molecule has 0 aliphatic heterocycles. The van der Waals surface area contributed by atoms with E-state index in [9.17, 15) is 0 Å². The van der Waals surface area contributed by atoms with Gasteiger partial charge < -0.3 is 5.73 Å². The van der Waals surface area contributed by atoms with Crippen LogP contribution in [0.3, 0.4) is 0 Å². The summed E-state index contributed by atoms with van der Waals surface area (Å²) in [6.07, 6.45) is 0. The zero-order valence-corrected chi connectivity index (χ0v) is 8.48. The maximum absolute atomic E-state index is 5.74. The lowest BCUT2D eigenvalue weighted by atomic mass is 10.2. The van der Waals surface area contributed by atoms with Crippen LogP contribution < -0.4 is 16.6 Å². The van der Waals surface area contributed by atoms with Gasteiger partial charge in [0.05, 0.1) is 0 Å². The van der Waals surface area contributed by atoms with Crippen molar-refractivity contribution >= 4 is 21.6 Å².